The second-order valence-electron chi connectivity index (χ2n) is 4.31. The number of hydrogen-bond donors (Lipinski definition) is 1. The van der Waals surface area contributed by atoms with E-state index >= 15 is 0 Å². The van der Waals surface area contributed by atoms with Crippen molar-refractivity contribution in [2.24, 2.45) is 0 Å². The van der Waals surface area contributed by atoms with Crippen LogP contribution in [0.4, 0.5) is 0 Å². The van der Waals surface area contributed by atoms with E-state index in [1.165, 1.54) is 19.3 Å². The molecule has 0 unspecified atom stereocenters. The fourth-order valence-electron chi connectivity index (χ4n) is 1.56. The van der Waals surface area contributed by atoms with Crippen molar-refractivity contribution in [2.75, 3.05) is 12.4 Å². The van der Waals surface area contributed by atoms with Gasteiger partial charge in [0.2, 0.25) is 0 Å². The Morgan fingerprint density at radius 1 is 1.05 bits per heavy atom. The molecule has 0 saturated heterocycles. The van der Waals surface area contributed by atoms with Crippen LogP contribution in [-0.2, 0) is 19.1 Å². The van der Waals surface area contributed by atoms with Gasteiger partial charge in [-0.2, -0.15) is 8.42 Å². The van der Waals surface area contributed by atoms with Crippen molar-refractivity contribution in [1.82, 2.24) is 0 Å². The number of hydrogen-bond acceptors (Lipinski definition) is 5. The van der Waals surface area contributed by atoms with Crippen LogP contribution in [0, 0.1) is 0 Å². The summed E-state index contributed by atoms with van der Waals surface area (Å²) in [6, 6.07) is 0. The second-order valence-corrected chi connectivity index (χ2v) is 6.00. The standard InChI is InChI=1S/C12H24O5S.K.H/c1-2-3-4-5-6-7-8-9-12(14)17-18(15,16)11-10-13;;/h13H,2-11H2,1H3;;. The first-order chi connectivity index (χ1) is 8.52. The Hall–Kier alpha value is 1.02. The Balaban J connectivity index is 0. The average Bonchev–Trinajstić information content (AvgIpc) is 2.27. The van der Waals surface area contributed by atoms with Gasteiger partial charge < -0.3 is 9.29 Å². The Kier molecular flexibility index (Phi) is 16.4. The summed E-state index contributed by atoms with van der Waals surface area (Å²) in [5, 5.41) is 8.46. The molecule has 0 rings (SSSR count). The van der Waals surface area contributed by atoms with E-state index in [0.717, 1.165) is 19.3 Å². The molecule has 0 aliphatic rings. The van der Waals surface area contributed by atoms with Gasteiger partial charge in [-0.15, -0.1) is 0 Å². The Morgan fingerprint density at radius 2 is 1.58 bits per heavy atom. The number of unbranched alkanes of at least 4 members (excludes halogenated alkanes) is 6. The summed E-state index contributed by atoms with van der Waals surface area (Å²) in [5.74, 6) is -1.26. The van der Waals surface area contributed by atoms with Gasteiger partial charge in [0.25, 0.3) is 0 Å². The third-order valence-corrected chi connectivity index (χ3v) is 3.67. The second kappa shape index (κ2) is 14.0. The third kappa shape index (κ3) is 15.2. The zero-order chi connectivity index (χ0) is 13.9. The van der Waals surface area contributed by atoms with Crippen LogP contribution in [0.5, 0.6) is 0 Å². The number of aliphatic hydroxyl groups is 1. The van der Waals surface area contributed by atoms with Gasteiger partial charge in [0.1, 0.15) is 5.75 Å². The van der Waals surface area contributed by atoms with E-state index in [2.05, 4.69) is 11.1 Å². The van der Waals surface area contributed by atoms with Crippen molar-refractivity contribution in [3.8, 4) is 0 Å². The van der Waals surface area contributed by atoms with E-state index in [1.54, 1.807) is 0 Å². The first-order valence-corrected chi connectivity index (χ1v) is 8.15. The first kappa shape index (κ1) is 22.3. The summed E-state index contributed by atoms with van der Waals surface area (Å²) in [7, 11) is -3.89. The molecule has 5 nitrogen and oxygen atoms in total. The number of rotatable bonds is 11. The molecule has 0 radical (unpaired) electrons. The molecule has 19 heavy (non-hydrogen) atoms. The molecule has 0 atom stereocenters. The molecule has 0 aliphatic heterocycles. The number of carbonyl (C=O) groups excluding carboxylic acids is 1. The van der Waals surface area contributed by atoms with Crippen molar-refractivity contribution in [2.45, 2.75) is 58.3 Å². The summed E-state index contributed by atoms with van der Waals surface area (Å²) >= 11 is 0. The van der Waals surface area contributed by atoms with E-state index in [1.807, 2.05) is 0 Å². The van der Waals surface area contributed by atoms with Crippen LogP contribution in [0.2, 0.25) is 0 Å². The third-order valence-electron chi connectivity index (χ3n) is 2.55. The summed E-state index contributed by atoms with van der Waals surface area (Å²) < 4.78 is 26.4. The zero-order valence-electron chi connectivity index (χ0n) is 11.1. The molecule has 0 saturated carbocycles. The van der Waals surface area contributed by atoms with Crippen LogP contribution in [0.25, 0.3) is 0 Å². The van der Waals surface area contributed by atoms with Gasteiger partial charge in [0.15, 0.2) is 0 Å². The van der Waals surface area contributed by atoms with Crippen LogP contribution in [0.1, 0.15) is 58.3 Å². The van der Waals surface area contributed by atoms with Gasteiger partial charge in [-0.05, 0) is 6.42 Å². The maximum absolute atomic E-state index is 11.2. The molecule has 0 bridgehead atoms. The molecule has 0 fully saturated rings. The van der Waals surface area contributed by atoms with Crippen LogP contribution in [0.3, 0.4) is 0 Å². The fraction of sp³-hybridized carbons (Fsp3) is 0.917. The first-order valence-electron chi connectivity index (χ1n) is 6.57. The summed E-state index contributed by atoms with van der Waals surface area (Å²) in [6.07, 6.45) is 7.57. The molecule has 110 valence electrons. The molecule has 0 aromatic carbocycles. The molecule has 0 spiro atoms. The monoisotopic (exact) mass is 320 g/mol. The molecule has 0 aromatic rings. The topological polar surface area (TPSA) is 80.7 Å². The van der Waals surface area contributed by atoms with Crippen molar-refractivity contribution >= 4 is 67.5 Å². The van der Waals surface area contributed by atoms with Crippen molar-refractivity contribution in [1.29, 1.82) is 0 Å². The number of aliphatic hydroxyl groups excluding tert-OH is 1. The SMILES string of the molecule is CCCCCCCCCC(=O)OS(=O)(=O)CCO.[KH]. The van der Waals surface area contributed by atoms with Crippen LogP contribution >= 0.6 is 0 Å². The molecular formula is C12H25KO5S. The quantitative estimate of drug-likeness (QED) is 0.353. The van der Waals surface area contributed by atoms with E-state index in [9.17, 15) is 13.2 Å². The molecule has 0 aliphatic carbocycles. The zero-order valence-corrected chi connectivity index (χ0v) is 11.9. The molecule has 0 aromatic heterocycles. The van der Waals surface area contributed by atoms with E-state index in [4.69, 9.17) is 5.11 Å². The number of carbonyl (C=O) groups is 1. The van der Waals surface area contributed by atoms with Crippen LogP contribution < -0.4 is 0 Å². The Bertz CT molecular complexity index is 316. The normalized spacial score (nSPS) is 10.8. The summed E-state index contributed by atoms with van der Waals surface area (Å²) in [4.78, 5) is 11.2. The fourth-order valence-corrected chi connectivity index (χ4v) is 2.24. The van der Waals surface area contributed by atoms with Crippen molar-refractivity contribution in [3.63, 3.8) is 0 Å². The average molecular weight is 320 g/mol. The molecule has 1 N–H and O–H groups in total. The molecular weight excluding hydrogens is 295 g/mol. The maximum atomic E-state index is 11.2. The van der Waals surface area contributed by atoms with Crippen molar-refractivity contribution < 1.29 is 22.5 Å². The predicted molar refractivity (Wildman–Crippen MR) is 76.7 cm³/mol. The van der Waals surface area contributed by atoms with Crippen molar-refractivity contribution in [3.05, 3.63) is 0 Å². The van der Waals surface area contributed by atoms with Crippen LogP contribution in [0.15, 0.2) is 0 Å². The minimum absolute atomic E-state index is 0. The molecule has 0 amide bonds. The predicted octanol–water partition coefficient (Wildman–Crippen LogP) is 1.34. The van der Waals surface area contributed by atoms with Gasteiger partial charge in [-0.3, -0.25) is 4.79 Å². The van der Waals surface area contributed by atoms with Gasteiger partial charge in [-0.1, -0.05) is 45.4 Å². The summed E-state index contributed by atoms with van der Waals surface area (Å²) in [5.41, 5.74) is 0. The molecule has 0 heterocycles. The minimum atomic E-state index is -3.89. The van der Waals surface area contributed by atoms with E-state index in [-0.39, 0.29) is 57.8 Å². The molecule has 7 heteroatoms. The van der Waals surface area contributed by atoms with Gasteiger partial charge in [0, 0.05) is 6.42 Å². The van der Waals surface area contributed by atoms with E-state index in [0.29, 0.717) is 6.42 Å². The van der Waals surface area contributed by atoms with E-state index < -0.39 is 28.4 Å². The van der Waals surface area contributed by atoms with Crippen LogP contribution in [-0.4, -0.2) is 83.2 Å². The Labute approximate surface area is 159 Å². The van der Waals surface area contributed by atoms with Gasteiger partial charge in [0.05, 0.1) is 6.61 Å². The Morgan fingerprint density at radius 3 is 2.11 bits per heavy atom. The van der Waals surface area contributed by atoms with Gasteiger partial charge in [-0.25, -0.2) is 0 Å². The van der Waals surface area contributed by atoms with Gasteiger partial charge >= 0.3 is 67.5 Å². The summed E-state index contributed by atoms with van der Waals surface area (Å²) in [6.45, 7) is 1.62.